The Kier molecular flexibility index (Phi) is 5.41. The number of rotatable bonds is 4. The molecule has 0 fully saturated rings. The fraction of sp³-hybridized carbons (Fsp3) is 0.286. The van der Waals surface area contributed by atoms with Gasteiger partial charge in [-0.25, -0.2) is 0 Å². The molecule has 0 aliphatic rings. The predicted octanol–water partition coefficient (Wildman–Crippen LogP) is 2.65. The Morgan fingerprint density at radius 1 is 1.17 bits per heavy atom. The molecule has 0 saturated carbocycles. The molecule has 2 rings (SSSR count). The first-order valence-corrected chi connectivity index (χ1v) is 5.68. The largest absolute Gasteiger partial charge is 0.497 e. The predicted molar refractivity (Wildman–Crippen MR) is 76.4 cm³/mol. The van der Waals surface area contributed by atoms with E-state index in [1.54, 1.807) is 7.11 Å². The van der Waals surface area contributed by atoms with Crippen molar-refractivity contribution >= 4 is 23.2 Å². The van der Waals surface area contributed by atoms with Crippen LogP contribution in [-0.4, -0.2) is 18.8 Å². The lowest BCUT2D eigenvalue weighted by Crippen LogP contribution is -2.11. The molecule has 0 unspecified atom stereocenters. The maximum Gasteiger partial charge on any atom is 0.119 e. The summed E-state index contributed by atoms with van der Waals surface area (Å²) in [6, 6.07) is 11.9. The van der Waals surface area contributed by atoms with E-state index in [1.807, 2.05) is 30.3 Å². The minimum atomic E-state index is -0.105. The Morgan fingerprint density at radius 2 is 1.83 bits per heavy atom. The van der Waals surface area contributed by atoms with E-state index in [0.717, 1.165) is 22.1 Å². The van der Waals surface area contributed by atoms with Crippen LogP contribution in [0.1, 0.15) is 18.0 Å². The van der Waals surface area contributed by atoms with Gasteiger partial charge in [0.1, 0.15) is 5.75 Å². The quantitative estimate of drug-likeness (QED) is 0.895. The average molecular weight is 268 g/mol. The molecular formula is C14H18ClNO2. The molecule has 0 spiro atoms. The number of ether oxygens (including phenoxy) is 1. The lowest BCUT2D eigenvalue weighted by atomic mass is 10.0. The summed E-state index contributed by atoms with van der Waals surface area (Å²) in [5, 5.41) is 11.1. The molecular weight excluding hydrogens is 250 g/mol. The van der Waals surface area contributed by atoms with Gasteiger partial charge in [0, 0.05) is 12.6 Å². The Labute approximate surface area is 113 Å². The van der Waals surface area contributed by atoms with Gasteiger partial charge in [0.25, 0.3) is 0 Å². The van der Waals surface area contributed by atoms with E-state index in [-0.39, 0.29) is 25.1 Å². The number of hydrogen-bond acceptors (Lipinski definition) is 3. The number of fused-ring (bicyclic) bond motifs is 1. The summed E-state index contributed by atoms with van der Waals surface area (Å²) in [7, 11) is 1.66. The van der Waals surface area contributed by atoms with Crippen LogP contribution in [0.5, 0.6) is 5.75 Å². The molecule has 0 bridgehead atoms. The van der Waals surface area contributed by atoms with Crippen molar-refractivity contribution in [2.75, 3.05) is 13.7 Å². The topological polar surface area (TPSA) is 55.5 Å². The number of methoxy groups -OCH3 is 1. The maximum absolute atomic E-state index is 8.88. The fourth-order valence-electron chi connectivity index (χ4n) is 1.91. The number of aliphatic hydroxyl groups excluding tert-OH is 1. The third-order valence-electron chi connectivity index (χ3n) is 2.94. The van der Waals surface area contributed by atoms with Crippen LogP contribution >= 0.6 is 12.4 Å². The van der Waals surface area contributed by atoms with Gasteiger partial charge < -0.3 is 15.6 Å². The fourth-order valence-corrected chi connectivity index (χ4v) is 1.91. The molecule has 1 atom stereocenters. The molecule has 0 heterocycles. The third kappa shape index (κ3) is 3.13. The van der Waals surface area contributed by atoms with E-state index in [1.165, 1.54) is 0 Å². The highest BCUT2D eigenvalue weighted by Crippen LogP contribution is 2.24. The standard InChI is InChI=1S/C14H17NO2.ClH/c1-17-13-5-4-10-8-12(14(15)6-7-16)3-2-11(10)9-13;/h2-5,8-9,14,16H,6-7,15H2,1H3;1H/t14-;/m0./s1. The molecule has 0 amide bonds. The lowest BCUT2D eigenvalue weighted by Gasteiger charge is -2.11. The summed E-state index contributed by atoms with van der Waals surface area (Å²) < 4.78 is 5.18. The van der Waals surface area contributed by atoms with Crippen LogP contribution in [0.15, 0.2) is 36.4 Å². The molecule has 0 aromatic heterocycles. The van der Waals surface area contributed by atoms with Gasteiger partial charge in [-0.1, -0.05) is 18.2 Å². The number of benzene rings is 2. The zero-order chi connectivity index (χ0) is 12.3. The molecule has 2 aromatic rings. The molecule has 0 radical (unpaired) electrons. The minimum Gasteiger partial charge on any atom is -0.497 e. The van der Waals surface area contributed by atoms with E-state index in [2.05, 4.69) is 6.07 Å². The van der Waals surface area contributed by atoms with Crippen molar-refractivity contribution in [3.8, 4) is 5.75 Å². The van der Waals surface area contributed by atoms with E-state index in [9.17, 15) is 0 Å². The van der Waals surface area contributed by atoms with Gasteiger partial charge in [-0.3, -0.25) is 0 Å². The van der Waals surface area contributed by atoms with Crippen LogP contribution in [0.3, 0.4) is 0 Å². The van der Waals surface area contributed by atoms with Crippen LogP contribution in [0.4, 0.5) is 0 Å². The van der Waals surface area contributed by atoms with Gasteiger partial charge in [-0.2, -0.15) is 0 Å². The number of hydrogen-bond donors (Lipinski definition) is 2. The number of halogens is 1. The van der Waals surface area contributed by atoms with Crippen LogP contribution in [0.25, 0.3) is 10.8 Å². The molecule has 0 aliphatic carbocycles. The van der Waals surface area contributed by atoms with Crippen LogP contribution < -0.4 is 10.5 Å². The van der Waals surface area contributed by atoms with Crippen LogP contribution in [0, 0.1) is 0 Å². The van der Waals surface area contributed by atoms with Crippen molar-refractivity contribution in [2.45, 2.75) is 12.5 Å². The molecule has 3 nitrogen and oxygen atoms in total. The molecule has 4 heteroatoms. The summed E-state index contributed by atoms with van der Waals surface area (Å²) in [5.74, 6) is 0.852. The second-order valence-corrected chi connectivity index (χ2v) is 4.09. The third-order valence-corrected chi connectivity index (χ3v) is 2.94. The minimum absolute atomic E-state index is 0. The number of aliphatic hydroxyl groups is 1. The zero-order valence-electron chi connectivity index (χ0n) is 10.3. The van der Waals surface area contributed by atoms with E-state index >= 15 is 0 Å². The Morgan fingerprint density at radius 3 is 2.50 bits per heavy atom. The van der Waals surface area contributed by atoms with Gasteiger partial charge in [-0.15, -0.1) is 12.4 Å². The van der Waals surface area contributed by atoms with Gasteiger partial charge in [0.05, 0.1) is 7.11 Å². The average Bonchev–Trinajstić information content (AvgIpc) is 2.37. The molecule has 2 aromatic carbocycles. The van der Waals surface area contributed by atoms with Crippen molar-refractivity contribution in [3.05, 3.63) is 42.0 Å². The SMILES string of the molecule is COc1ccc2cc([C@@H](N)CCO)ccc2c1.Cl. The van der Waals surface area contributed by atoms with Crippen molar-refractivity contribution in [2.24, 2.45) is 5.73 Å². The van der Waals surface area contributed by atoms with Crippen molar-refractivity contribution < 1.29 is 9.84 Å². The summed E-state index contributed by atoms with van der Waals surface area (Å²) in [5.41, 5.74) is 7.02. The van der Waals surface area contributed by atoms with Gasteiger partial charge in [-0.05, 0) is 41.0 Å². The van der Waals surface area contributed by atoms with E-state index in [0.29, 0.717) is 6.42 Å². The first kappa shape index (κ1) is 14.8. The van der Waals surface area contributed by atoms with E-state index in [4.69, 9.17) is 15.6 Å². The molecule has 98 valence electrons. The summed E-state index contributed by atoms with van der Waals surface area (Å²) >= 11 is 0. The normalized spacial score (nSPS) is 11.9. The van der Waals surface area contributed by atoms with Gasteiger partial charge >= 0.3 is 0 Å². The second kappa shape index (κ2) is 6.59. The molecule has 0 saturated heterocycles. The summed E-state index contributed by atoms with van der Waals surface area (Å²) in [6.45, 7) is 0.113. The van der Waals surface area contributed by atoms with Gasteiger partial charge in [0.2, 0.25) is 0 Å². The highest BCUT2D eigenvalue weighted by atomic mass is 35.5. The van der Waals surface area contributed by atoms with Crippen molar-refractivity contribution in [1.29, 1.82) is 0 Å². The van der Waals surface area contributed by atoms with Gasteiger partial charge in [0.15, 0.2) is 0 Å². The smallest absolute Gasteiger partial charge is 0.119 e. The Balaban J connectivity index is 0.00000162. The lowest BCUT2D eigenvalue weighted by molar-refractivity contribution is 0.276. The monoisotopic (exact) mass is 267 g/mol. The summed E-state index contributed by atoms with van der Waals surface area (Å²) in [6.07, 6.45) is 0.585. The molecule has 0 aliphatic heterocycles. The van der Waals surface area contributed by atoms with E-state index < -0.39 is 0 Å². The molecule has 3 N–H and O–H groups in total. The zero-order valence-corrected chi connectivity index (χ0v) is 11.1. The highest BCUT2D eigenvalue weighted by molar-refractivity contribution is 5.85. The second-order valence-electron chi connectivity index (χ2n) is 4.09. The maximum atomic E-state index is 8.88. The first-order chi connectivity index (χ1) is 8.24. The summed E-state index contributed by atoms with van der Waals surface area (Å²) in [4.78, 5) is 0. The van der Waals surface area contributed by atoms with Crippen molar-refractivity contribution in [1.82, 2.24) is 0 Å². The number of nitrogens with two attached hydrogens (primary N) is 1. The Hall–Kier alpha value is -1.29. The van der Waals surface area contributed by atoms with Crippen molar-refractivity contribution in [3.63, 3.8) is 0 Å². The van der Waals surface area contributed by atoms with Crippen LogP contribution in [-0.2, 0) is 0 Å². The van der Waals surface area contributed by atoms with Crippen LogP contribution in [0.2, 0.25) is 0 Å². The molecule has 18 heavy (non-hydrogen) atoms. The first-order valence-electron chi connectivity index (χ1n) is 5.68. The Bertz CT molecular complexity index is 516. The highest BCUT2D eigenvalue weighted by Gasteiger charge is 2.06.